The summed E-state index contributed by atoms with van der Waals surface area (Å²) in [6.45, 7) is 0. The summed E-state index contributed by atoms with van der Waals surface area (Å²) < 4.78 is 5.13. The maximum atomic E-state index is 12.5. The van der Waals surface area contributed by atoms with Crippen LogP contribution < -0.4 is 20.9 Å². The fourth-order valence-corrected chi connectivity index (χ4v) is 2.56. The zero-order valence-corrected chi connectivity index (χ0v) is 13.9. The maximum absolute atomic E-state index is 12.5. The molecule has 4 aromatic rings. The normalized spacial score (nSPS) is 10.7. The number of H-pyrrole nitrogens is 2. The monoisotopic (exact) mass is 348 g/mol. The second-order valence-electron chi connectivity index (χ2n) is 5.56. The molecule has 0 saturated carbocycles. The number of aromatic nitrogens is 4. The first-order valence-electron chi connectivity index (χ1n) is 7.94. The molecule has 8 nitrogen and oxygen atoms in total. The summed E-state index contributed by atoms with van der Waals surface area (Å²) in [5.74, 6) is 1.55. The molecule has 4 N–H and O–H groups in total. The van der Waals surface area contributed by atoms with Crippen LogP contribution in [0.5, 0.6) is 5.75 Å². The molecule has 0 radical (unpaired) electrons. The van der Waals surface area contributed by atoms with E-state index in [1.165, 1.54) is 0 Å². The summed E-state index contributed by atoms with van der Waals surface area (Å²) in [7, 11) is 1.61. The molecular formula is C18H16N6O2. The summed E-state index contributed by atoms with van der Waals surface area (Å²) >= 11 is 0. The van der Waals surface area contributed by atoms with Crippen LogP contribution >= 0.6 is 0 Å². The van der Waals surface area contributed by atoms with Crippen molar-refractivity contribution in [2.75, 3.05) is 17.7 Å². The number of nitrogens with one attached hydrogen (secondary N) is 4. The van der Waals surface area contributed by atoms with E-state index >= 15 is 0 Å². The molecule has 0 aliphatic heterocycles. The third-order valence-corrected chi connectivity index (χ3v) is 3.82. The van der Waals surface area contributed by atoms with E-state index in [2.05, 4.69) is 30.8 Å². The second kappa shape index (κ2) is 6.60. The van der Waals surface area contributed by atoms with Gasteiger partial charge in [0.25, 0.3) is 5.56 Å². The predicted octanol–water partition coefficient (Wildman–Crippen LogP) is 3.14. The number of aromatic amines is 2. The zero-order chi connectivity index (χ0) is 17.9. The molecule has 2 aromatic heterocycles. The van der Waals surface area contributed by atoms with Gasteiger partial charge in [-0.25, -0.2) is 0 Å². The average Bonchev–Trinajstić information content (AvgIpc) is 3.06. The van der Waals surface area contributed by atoms with Crippen molar-refractivity contribution in [1.82, 2.24) is 20.2 Å². The van der Waals surface area contributed by atoms with Crippen LogP contribution in [0.1, 0.15) is 0 Å². The molecule has 0 amide bonds. The number of methoxy groups -OCH3 is 1. The molecule has 130 valence electrons. The highest BCUT2D eigenvalue weighted by atomic mass is 16.5. The minimum absolute atomic E-state index is 0.293. The lowest BCUT2D eigenvalue weighted by Gasteiger charge is -2.06. The summed E-state index contributed by atoms with van der Waals surface area (Å²) in [5.41, 5.74) is 1.64. The predicted molar refractivity (Wildman–Crippen MR) is 101 cm³/mol. The van der Waals surface area contributed by atoms with Crippen LogP contribution in [0.25, 0.3) is 11.0 Å². The number of nitrogens with zero attached hydrogens (tertiary/aromatic N) is 2. The molecule has 0 spiro atoms. The largest absolute Gasteiger partial charge is 0.497 e. The van der Waals surface area contributed by atoms with Crippen molar-refractivity contribution in [2.24, 2.45) is 0 Å². The van der Waals surface area contributed by atoms with Crippen molar-refractivity contribution in [3.05, 3.63) is 65.0 Å². The Bertz CT molecular complexity index is 1090. The number of anilines is 4. The molecule has 0 bridgehead atoms. The lowest BCUT2D eigenvalue weighted by Crippen LogP contribution is -2.11. The third-order valence-electron chi connectivity index (χ3n) is 3.82. The van der Waals surface area contributed by atoms with Gasteiger partial charge in [0.2, 0.25) is 5.95 Å². The van der Waals surface area contributed by atoms with Crippen molar-refractivity contribution in [1.29, 1.82) is 0 Å². The molecule has 4 rings (SSSR count). The molecule has 2 heterocycles. The van der Waals surface area contributed by atoms with Crippen molar-refractivity contribution in [3.63, 3.8) is 0 Å². The van der Waals surface area contributed by atoms with Gasteiger partial charge in [0.05, 0.1) is 7.11 Å². The summed E-state index contributed by atoms with van der Waals surface area (Å²) in [6, 6.07) is 16.8. The lowest BCUT2D eigenvalue weighted by molar-refractivity contribution is 0.415. The van der Waals surface area contributed by atoms with Crippen molar-refractivity contribution in [2.45, 2.75) is 0 Å². The Morgan fingerprint density at radius 3 is 2.42 bits per heavy atom. The van der Waals surface area contributed by atoms with Gasteiger partial charge in [-0.15, -0.1) is 0 Å². The number of fused-ring (bicyclic) bond motifs is 1. The van der Waals surface area contributed by atoms with E-state index in [0.717, 1.165) is 17.1 Å². The smallest absolute Gasteiger partial charge is 0.265 e. The minimum Gasteiger partial charge on any atom is -0.497 e. The van der Waals surface area contributed by atoms with E-state index in [4.69, 9.17) is 4.74 Å². The highest BCUT2D eigenvalue weighted by molar-refractivity contribution is 5.88. The molecule has 0 unspecified atom stereocenters. The molecule has 0 aliphatic carbocycles. The Hall–Kier alpha value is -3.81. The summed E-state index contributed by atoms with van der Waals surface area (Å²) in [6.07, 6.45) is 0. The van der Waals surface area contributed by atoms with E-state index in [9.17, 15) is 4.79 Å². The van der Waals surface area contributed by atoms with Gasteiger partial charge in [-0.1, -0.05) is 18.2 Å². The Labute approximate surface area is 148 Å². The number of hydrogen-bond donors (Lipinski definition) is 4. The van der Waals surface area contributed by atoms with E-state index in [0.29, 0.717) is 22.8 Å². The lowest BCUT2D eigenvalue weighted by atomic mass is 10.3. The fourth-order valence-electron chi connectivity index (χ4n) is 2.56. The first kappa shape index (κ1) is 15.7. The SMILES string of the molecule is COc1ccc(Nc2nc3n[nH]c(Nc4ccccc4)c3c(=O)[nH]2)cc1. The fraction of sp³-hybridized carbons (Fsp3) is 0.0556. The van der Waals surface area contributed by atoms with E-state index in [-0.39, 0.29) is 5.56 Å². The van der Waals surface area contributed by atoms with Crippen LogP contribution in [0.2, 0.25) is 0 Å². The molecule has 0 saturated heterocycles. The second-order valence-corrected chi connectivity index (χ2v) is 5.56. The Kier molecular flexibility index (Phi) is 3.98. The molecule has 0 atom stereocenters. The van der Waals surface area contributed by atoms with Gasteiger partial charge >= 0.3 is 0 Å². The highest BCUT2D eigenvalue weighted by Crippen LogP contribution is 2.22. The highest BCUT2D eigenvalue weighted by Gasteiger charge is 2.13. The molecule has 26 heavy (non-hydrogen) atoms. The van der Waals surface area contributed by atoms with E-state index < -0.39 is 0 Å². The first-order valence-corrected chi connectivity index (χ1v) is 7.94. The Balaban J connectivity index is 1.64. The van der Waals surface area contributed by atoms with Crippen LogP contribution in [-0.2, 0) is 0 Å². The van der Waals surface area contributed by atoms with Crippen LogP contribution in [-0.4, -0.2) is 27.3 Å². The van der Waals surface area contributed by atoms with Crippen molar-refractivity contribution >= 4 is 34.2 Å². The van der Waals surface area contributed by atoms with Gasteiger partial charge in [-0.05, 0) is 36.4 Å². The van der Waals surface area contributed by atoms with E-state index in [1.807, 2.05) is 54.6 Å². The third kappa shape index (κ3) is 3.07. The summed E-state index contributed by atoms with van der Waals surface area (Å²) in [5, 5.41) is 13.5. The van der Waals surface area contributed by atoms with E-state index in [1.54, 1.807) is 7.11 Å². The molecule has 2 aromatic carbocycles. The first-order chi connectivity index (χ1) is 12.7. The molecule has 0 fully saturated rings. The number of benzene rings is 2. The molecule has 0 aliphatic rings. The number of rotatable bonds is 5. The maximum Gasteiger partial charge on any atom is 0.265 e. The summed E-state index contributed by atoms with van der Waals surface area (Å²) in [4.78, 5) is 19.6. The topological polar surface area (TPSA) is 108 Å². The molecular weight excluding hydrogens is 332 g/mol. The van der Waals surface area contributed by atoms with Crippen molar-refractivity contribution in [3.8, 4) is 5.75 Å². The van der Waals surface area contributed by atoms with Gasteiger partial charge < -0.3 is 15.4 Å². The van der Waals surface area contributed by atoms with Gasteiger partial charge in [0.1, 0.15) is 17.0 Å². The minimum atomic E-state index is -0.293. The van der Waals surface area contributed by atoms with Gasteiger partial charge in [0, 0.05) is 11.4 Å². The number of ether oxygens (including phenoxy) is 1. The average molecular weight is 348 g/mol. The zero-order valence-electron chi connectivity index (χ0n) is 13.9. The van der Waals surface area contributed by atoms with Crippen LogP contribution in [0, 0.1) is 0 Å². The standard InChI is InChI=1S/C18H16N6O2/c1-26-13-9-7-12(8-10-13)20-18-21-16-14(17(25)22-18)15(23-24-16)19-11-5-3-2-4-6-11/h2-10H,1H3,(H4,19,20,21,22,23,24,25). The van der Waals surface area contributed by atoms with Crippen LogP contribution in [0.4, 0.5) is 23.1 Å². The molecule has 8 heteroatoms. The number of hydrogen-bond acceptors (Lipinski definition) is 6. The van der Waals surface area contributed by atoms with Gasteiger partial charge in [-0.3, -0.25) is 14.9 Å². The van der Waals surface area contributed by atoms with Crippen LogP contribution in [0.15, 0.2) is 59.4 Å². The van der Waals surface area contributed by atoms with Gasteiger partial charge in [0.15, 0.2) is 5.65 Å². The van der Waals surface area contributed by atoms with Crippen molar-refractivity contribution < 1.29 is 4.74 Å². The number of para-hydroxylation sites is 1. The van der Waals surface area contributed by atoms with Gasteiger partial charge in [-0.2, -0.15) is 10.1 Å². The Morgan fingerprint density at radius 1 is 0.962 bits per heavy atom. The Morgan fingerprint density at radius 2 is 1.69 bits per heavy atom. The van der Waals surface area contributed by atoms with Crippen LogP contribution in [0.3, 0.4) is 0 Å². The quantitative estimate of drug-likeness (QED) is 0.441.